The lowest BCUT2D eigenvalue weighted by Crippen LogP contribution is -2.33. The second-order valence-electron chi connectivity index (χ2n) is 5.11. The number of ether oxygens (including phenoxy) is 1. The highest BCUT2D eigenvalue weighted by molar-refractivity contribution is 7.09. The van der Waals surface area contributed by atoms with E-state index in [2.05, 4.69) is 10.3 Å². The van der Waals surface area contributed by atoms with Crippen molar-refractivity contribution in [2.75, 3.05) is 13.2 Å². The number of hydrogen-bond donors (Lipinski definition) is 2. The monoisotopic (exact) mass is 312 g/mol. The predicted octanol–water partition coefficient (Wildman–Crippen LogP) is 2.23. The molecule has 2 heterocycles. The van der Waals surface area contributed by atoms with E-state index in [9.17, 15) is 9.59 Å². The van der Waals surface area contributed by atoms with E-state index < -0.39 is 11.9 Å². The summed E-state index contributed by atoms with van der Waals surface area (Å²) in [6, 6.07) is 0. The Morgan fingerprint density at radius 2 is 2.43 bits per heavy atom. The van der Waals surface area contributed by atoms with E-state index in [0.29, 0.717) is 12.1 Å². The van der Waals surface area contributed by atoms with Crippen molar-refractivity contribution in [1.29, 1.82) is 0 Å². The molecule has 2 unspecified atom stereocenters. The highest BCUT2D eigenvalue weighted by Gasteiger charge is 2.23. The Balaban J connectivity index is 1.89. The second-order valence-corrected chi connectivity index (χ2v) is 6.00. The molecule has 1 aliphatic rings. The number of thiazole rings is 1. The molecule has 0 bridgehead atoms. The molecule has 1 saturated heterocycles. The van der Waals surface area contributed by atoms with Crippen LogP contribution in [0, 0.1) is 5.92 Å². The van der Waals surface area contributed by atoms with E-state index in [4.69, 9.17) is 9.84 Å². The third-order valence-corrected chi connectivity index (χ3v) is 4.39. The molecule has 116 valence electrons. The summed E-state index contributed by atoms with van der Waals surface area (Å²) >= 11 is 1.41. The average Bonchev–Trinajstić information content (AvgIpc) is 3.11. The van der Waals surface area contributed by atoms with Gasteiger partial charge in [0.25, 0.3) is 5.91 Å². The Hall–Kier alpha value is -1.47. The van der Waals surface area contributed by atoms with Crippen molar-refractivity contribution in [3.8, 4) is 0 Å². The molecule has 1 fully saturated rings. The molecule has 1 aromatic heterocycles. The van der Waals surface area contributed by atoms with E-state index in [1.807, 2.05) is 6.92 Å². The summed E-state index contributed by atoms with van der Waals surface area (Å²) in [7, 11) is 0. The molecule has 21 heavy (non-hydrogen) atoms. The van der Waals surface area contributed by atoms with E-state index in [1.54, 1.807) is 5.38 Å². The van der Waals surface area contributed by atoms with Crippen LogP contribution in [0.25, 0.3) is 0 Å². The fraction of sp³-hybridized carbons (Fsp3) is 0.643. The number of aromatic nitrogens is 1. The maximum absolute atomic E-state index is 12.0. The number of carboxylic acids is 1. The van der Waals surface area contributed by atoms with Crippen LogP contribution in [0.5, 0.6) is 0 Å². The van der Waals surface area contributed by atoms with E-state index in [1.165, 1.54) is 11.3 Å². The molecule has 0 radical (unpaired) electrons. The van der Waals surface area contributed by atoms with Gasteiger partial charge in [-0.2, -0.15) is 0 Å². The number of rotatable bonds is 7. The highest BCUT2D eigenvalue weighted by atomic mass is 32.1. The Labute approximate surface area is 127 Å². The summed E-state index contributed by atoms with van der Waals surface area (Å²) in [6.45, 7) is 2.80. The van der Waals surface area contributed by atoms with Crippen LogP contribution in [-0.4, -0.2) is 35.1 Å². The smallest absolute Gasteiger partial charge is 0.308 e. The van der Waals surface area contributed by atoms with Crippen LogP contribution in [0.15, 0.2) is 5.38 Å². The van der Waals surface area contributed by atoms with Crippen LogP contribution in [0.2, 0.25) is 0 Å². The van der Waals surface area contributed by atoms with Crippen LogP contribution in [0.1, 0.15) is 54.2 Å². The number of nitrogens with zero attached hydrogens (tertiary/aromatic N) is 1. The Bertz CT molecular complexity index is 497. The maximum Gasteiger partial charge on any atom is 0.308 e. The topological polar surface area (TPSA) is 88.5 Å². The van der Waals surface area contributed by atoms with Gasteiger partial charge in [-0.1, -0.05) is 13.3 Å². The Morgan fingerprint density at radius 1 is 1.62 bits per heavy atom. The summed E-state index contributed by atoms with van der Waals surface area (Å²) in [5.41, 5.74) is 0.339. The lowest BCUT2D eigenvalue weighted by Gasteiger charge is -2.11. The molecule has 1 amide bonds. The van der Waals surface area contributed by atoms with Gasteiger partial charge >= 0.3 is 5.97 Å². The van der Waals surface area contributed by atoms with E-state index in [0.717, 1.165) is 30.9 Å². The number of carboxylic acid groups (broad SMARTS) is 1. The molecule has 0 aliphatic carbocycles. The molecule has 2 atom stereocenters. The van der Waals surface area contributed by atoms with Crippen molar-refractivity contribution >= 4 is 23.2 Å². The van der Waals surface area contributed by atoms with Gasteiger partial charge in [0.1, 0.15) is 16.8 Å². The van der Waals surface area contributed by atoms with Crippen molar-refractivity contribution in [1.82, 2.24) is 10.3 Å². The van der Waals surface area contributed by atoms with Crippen LogP contribution in [0.3, 0.4) is 0 Å². The molecular weight excluding hydrogens is 292 g/mol. The third-order valence-electron chi connectivity index (χ3n) is 3.46. The zero-order valence-corrected chi connectivity index (χ0v) is 12.8. The first-order valence-electron chi connectivity index (χ1n) is 7.19. The van der Waals surface area contributed by atoms with Crippen molar-refractivity contribution < 1.29 is 19.4 Å². The minimum atomic E-state index is -0.879. The van der Waals surface area contributed by atoms with Gasteiger partial charge in [0, 0.05) is 18.5 Å². The van der Waals surface area contributed by atoms with E-state index in [-0.39, 0.29) is 18.6 Å². The van der Waals surface area contributed by atoms with Gasteiger partial charge < -0.3 is 15.2 Å². The zero-order chi connectivity index (χ0) is 15.2. The quantitative estimate of drug-likeness (QED) is 0.806. The molecular formula is C14H20N2O4S. The lowest BCUT2D eigenvalue weighted by atomic mass is 10.0. The van der Waals surface area contributed by atoms with Gasteiger partial charge in [0.05, 0.1) is 5.92 Å². The van der Waals surface area contributed by atoms with Crippen molar-refractivity contribution in [2.24, 2.45) is 5.92 Å². The number of carbonyl (C=O) groups excluding carboxylic acids is 1. The maximum atomic E-state index is 12.0. The van der Waals surface area contributed by atoms with Crippen LogP contribution in [0.4, 0.5) is 0 Å². The van der Waals surface area contributed by atoms with Crippen LogP contribution < -0.4 is 5.32 Å². The first-order chi connectivity index (χ1) is 10.1. The van der Waals surface area contributed by atoms with Crippen LogP contribution in [-0.2, 0) is 9.53 Å². The summed E-state index contributed by atoms with van der Waals surface area (Å²) < 4.78 is 5.53. The average molecular weight is 312 g/mol. The van der Waals surface area contributed by atoms with Gasteiger partial charge in [0.15, 0.2) is 0 Å². The number of carbonyl (C=O) groups is 2. The first-order valence-corrected chi connectivity index (χ1v) is 8.07. The van der Waals surface area contributed by atoms with Crippen molar-refractivity contribution in [3.05, 3.63) is 16.1 Å². The standard InChI is InChI=1S/C14H20N2O4S/c1-2-4-9(14(18)19)7-15-12(17)10-8-21-13(16-10)11-5-3-6-20-11/h8-9,11H,2-7H2,1H3,(H,15,17)(H,18,19). The third kappa shape index (κ3) is 4.25. The molecule has 0 aromatic carbocycles. The first kappa shape index (κ1) is 15.9. The van der Waals surface area contributed by atoms with Crippen molar-refractivity contribution in [2.45, 2.75) is 38.7 Å². The summed E-state index contributed by atoms with van der Waals surface area (Å²) in [4.78, 5) is 27.3. The molecule has 1 aromatic rings. The minimum Gasteiger partial charge on any atom is -0.481 e. The normalized spacial score (nSPS) is 19.4. The second kappa shape index (κ2) is 7.51. The van der Waals surface area contributed by atoms with Gasteiger partial charge in [-0.25, -0.2) is 4.98 Å². The Morgan fingerprint density at radius 3 is 3.05 bits per heavy atom. The summed E-state index contributed by atoms with van der Waals surface area (Å²) in [6.07, 6.45) is 3.28. The number of nitrogens with one attached hydrogen (secondary N) is 1. The number of amides is 1. The van der Waals surface area contributed by atoms with E-state index >= 15 is 0 Å². The fourth-order valence-corrected chi connectivity index (χ4v) is 3.16. The Kier molecular flexibility index (Phi) is 5.69. The SMILES string of the molecule is CCCC(CNC(=O)c1csc(C2CCCO2)n1)C(=O)O. The van der Waals surface area contributed by atoms with Gasteiger partial charge in [-0.05, 0) is 19.3 Å². The molecule has 2 N–H and O–H groups in total. The van der Waals surface area contributed by atoms with Crippen LogP contribution >= 0.6 is 11.3 Å². The molecule has 1 aliphatic heterocycles. The highest BCUT2D eigenvalue weighted by Crippen LogP contribution is 2.30. The predicted molar refractivity (Wildman–Crippen MR) is 78.4 cm³/mol. The van der Waals surface area contributed by atoms with Gasteiger partial charge in [-0.15, -0.1) is 11.3 Å². The lowest BCUT2D eigenvalue weighted by molar-refractivity contribution is -0.141. The molecule has 2 rings (SSSR count). The summed E-state index contributed by atoms with van der Waals surface area (Å²) in [5, 5.41) is 14.2. The molecule has 0 saturated carbocycles. The fourth-order valence-electron chi connectivity index (χ4n) is 2.28. The molecule has 7 heteroatoms. The van der Waals surface area contributed by atoms with Crippen molar-refractivity contribution in [3.63, 3.8) is 0 Å². The molecule has 6 nitrogen and oxygen atoms in total. The minimum absolute atomic E-state index is 0.00316. The number of aliphatic carboxylic acids is 1. The van der Waals surface area contributed by atoms with Gasteiger partial charge in [-0.3, -0.25) is 9.59 Å². The largest absolute Gasteiger partial charge is 0.481 e. The molecule has 0 spiro atoms. The van der Waals surface area contributed by atoms with Gasteiger partial charge in [0.2, 0.25) is 0 Å². The summed E-state index contributed by atoms with van der Waals surface area (Å²) in [5.74, 6) is -1.75. The number of hydrogen-bond acceptors (Lipinski definition) is 5. The zero-order valence-electron chi connectivity index (χ0n) is 12.0.